The van der Waals surface area contributed by atoms with Gasteiger partial charge in [0.05, 0.1) is 17.7 Å². The molecule has 0 aliphatic carbocycles. The Morgan fingerprint density at radius 3 is 2.78 bits per heavy atom. The highest BCUT2D eigenvalue weighted by atomic mass is 16.5. The standard InChI is InChI=1S/C16H22N4O3/c1-4-14(21)18-9-15(23-3)19-12-8-16(22)20(2)13-6-5-10(17)7-11(12)13/h5-8,15,19H,4,9,17H2,1-3H3,(H,18,21)/t15-/m1/s1. The van der Waals surface area contributed by atoms with Gasteiger partial charge in [-0.2, -0.15) is 0 Å². The van der Waals surface area contributed by atoms with Crippen molar-refractivity contribution in [3.8, 4) is 0 Å². The van der Waals surface area contributed by atoms with Crippen molar-refractivity contribution in [1.29, 1.82) is 0 Å². The zero-order valence-electron chi connectivity index (χ0n) is 13.6. The van der Waals surface area contributed by atoms with Crippen molar-refractivity contribution in [3.05, 3.63) is 34.6 Å². The monoisotopic (exact) mass is 318 g/mol. The molecule has 0 saturated carbocycles. The van der Waals surface area contributed by atoms with Gasteiger partial charge in [0.15, 0.2) is 0 Å². The van der Waals surface area contributed by atoms with Crippen LogP contribution in [0.3, 0.4) is 0 Å². The van der Waals surface area contributed by atoms with E-state index < -0.39 is 6.23 Å². The lowest BCUT2D eigenvalue weighted by Crippen LogP contribution is -2.37. The fraction of sp³-hybridized carbons (Fsp3) is 0.375. The summed E-state index contributed by atoms with van der Waals surface area (Å²) in [7, 11) is 3.24. The van der Waals surface area contributed by atoms with Crippen molar-refractivity contribution in [2.24, 2.45) is 7.05 Å². The molecule has 1 aromatic carbocycles. The number of carbonyl (C=O) groups is 1. The summed E-state index contributed by atoms with van der Waals surface area (Å²) in [5.41, 5.74) is 7.70. The second-order valence-corrected chi connectivity index (χ2v) is 5.26. The molecule has 124 valence electrons. The number of pyridine rings is 1. The van der Waals surface area contributed by atoms with Crippen LogP contribution >= 0.6 is 0 Å². The normalized spacial score (nSPS) is 12.1. The molecule has 2 aromatic rings. The lowest BCUT2D eigenvalue weighted by molar-refractivity contribution is -0.121. The lowest BCUT2D eigenvalue weighted by Gasteiger charge is -2.20. The maximum atomic E-state index is 12.1. The number of carbonyl (C=O) groups excluding carboxylic acids is 1. The summed E-state index contributed by atoms with van der Waals surface area (Å²) in [5.74, 6) is -0.0630. The number of aromatic nitrogens is 1. The molecule has 0 spiro atoms. The molecule has 1 aromatic heterocycles. The number of aryl methyl sites for hydroxylation is 1. The highest BCUT2D eigenvalue weighted by Gasteiger charge is 2.13. The quantitative estimate of drug-likeness (QED) is 0.546. The molecule has 7 nitrogen and oxygen atoms in total. The van der Waals surface area contributed by atoms with Crippen molar-refractivity contribution >= 4 is 28.2 Å². The van der Waals surface area contributed by atoms with Crippen molar-refractivity contribution in [3.63, 3.8) is 0 Å². The minimum absolute atomic E-state index is 0.0630. The molecule has 0 radical (unpaired) electrons. The molecule has 0 fully saturated rings. The van der Waals surface area contributed by atoms with Gasteiger partial charge in [0.25, 0.3) is 5.56 Å². The Hall–Kier alpha value is -2.54. The van der Waals surface area contributed by atoms with E-state index in [9.17, 15) is 9.59 Å². The Morgan fingerprint density at radius 2 is 2.13 bits per heavy atom. The number of hydrogen-bond donors (Lipinski definition) is 3. The van der Waals surface area contributed by atoms with Crippen LogP contribution in [-0.2, 0) is 16.6 Å². The van der Waals surface area contributed by atoms with E-state index in [1.54, 1.807) is 36.7 Å². The highest BCUT2D eigenvalue weighted by molar-refractivity contribution is 5.93. The van der Waals surface area contributed by atoms with Gasteiger partial charge in [-0.1, -0.05) is 6.92 Å². The van der Waals surface area contributed by atoms with Crippen LogP contribution in [0.5, 0.6) is 0 Å². The molecule has 23 heavy (non-hydrogen) atoms. The summed E-state index contributed by atoms with van der Waals surface area (Å²) in [6, 6.07) is 6.85. The third kappa shape index (κ3) is 3.81. The van der Waals surface area contributed by atoms with E-state index in [-0.39, 0.29) is 11.5 Å². The van der Waals surface area contributed by atoms with Gasteiger partial charge < -0.3 is 25.7 Å². The van der Waals surface area contributed by atoms with Gasteiger partial charge in [-0.3, -0.25) is 9.59 Å². The number of nitrogen functional groups attached to an aromatic ring is 1. The number of ether oxygens (including phenoxy) is 1. The minimum atomic E-state index is -0.456. The smallest absolute Gasteiger partial charge is 0.252 e. The molecule has 4 N–H and O–H groups in total. The third-order valence-electron chi connectivity index (χ3n) is 3.68. The number of nitrogens with zero attached hydrogens (tertiary/aromatic N) is 1. The maximum absolute atomic E-state index is 12.1. The first kappa shape index (κ1) is 16.8. The number of benzene rings is 1. The predicted octanol–water partition coefficient (Wildman–Crippen LogP) is 1.03. The van der Waals surface area contributed by atoms with Crippen molar-refractivity contribution < 1.29 is 9.53 Å². The van der Waals surface area contributed by atoms with Crippen molar-refractivity contribution in [2.75, 3.05) is 24.7 Å². The summed E-state index contributed by atoms with van der Waals surface area (Å²) in [5, 5.41) is 6.71. The third-order valence-corrected chi connectivity index (χ3v) is 3.68. The zero-order valence-corrected chi connectivity index (χ0v) is 13.6. The Kier molecular flexibility index (Phi) is 5.23. The van der Waals surface area contributed by atoms with E-state index in [0.717, 1.165) is 10.9 Å². The van der Waals surface area contributed by atoms with E-state index in [2.05, 4.69) is 10.6 Å². The highest BCUT2D eigenvalue weighted by Crippen LogP contribution is 2.24. The molecule has 1 heterocycles. The van der Waals surface area contributed by atoms with Gasteiger partial charge in [-0.25, -0.2) is 0 Å². The zero-order chi connectivity index (χ0) is 17.0. The van der Waals surface area contributed by atoms with Crippen LogP contribution in [0, 0.1) is 0 Å². The molecule has 0 unspecified atom stereocenters. The van der Waals surface area contributed by atoms with Crippen LogP contribution in [-0.4, -0.2) is 30.4 Å². The molecule has 1 amide bonds. The van der Waals surface area contributed by atoms with E-state index in [4.69, 9.17) is 10.5 Å². The first-order chi connectivity index (χ1) is 11.0. The summed E-state index contributed by atoms with van der Waals surface area (Å²) >= 11 is 0. The van der Waals surface area contributed by atoms with Crippen LogP contribution in [0.1, 0.15) is 13.3 Å². The Balaban J connectivity index is 2.34. The molecule has 1 atom stereocenters. The average Bonchev–Trinajstić information content (AvgIpc) is 2.55. The molecule has 0 aliphatic heterocycles. The molecular weight excluding hydrogens is 296 g/mol. The van der Waals surface area contributed by atoms with E-state index in [1.807, 2.05) is 0 Å². The largest absolute Gasteiger partial charge is 0.399 e. The first-order valence-electron chi connectivity index (χ1n) is 7.41. The predicted molar refractivity (Wildman–Crippen MR) is 91.3 cm³/mol. The lowest BCUT2D eigenvalue weighted by atomic mass is 10.1. The topological polar surface area (TPSA) is 98.4 Å². The summed E-state index contributed by atoms with van der Waals surface area (Å²) in [6.07, 6.45) is -0.0517. The van der Waals surface area contributed by atoms with Gasteiger partial charge >= 0.3 is 0 Å². The van der Waals surface area contributed by atoms with Gasteiger partial charge in [-0.15, -0.1) is 0 Å². The van der Waals surface area contributed by atoms with Crippen LogP contribution in [0.25, 0.3) is 10.9 Å². The Morgan fingerprint density at radius 1 is 1.39 bits per heavy atom. The summed E-state index contributed by atoms with van der Waals surface area (Å²) in [4.78, 5) is 23.5. The Labute approximate surface area is 134 Å². The minimum Gasteiger partial charge on any atom is -0.399 e. The van der Waals surface area contributed by atoms with Crippen LogP contribution in [0.15, 0.2) is 29.1 Å². The number of nitrogens with one attached hydrogen (secondary N) is 2. The number of nitrogens with two attached hydrogens (primary N) is 1. The fourth-order valence-corrected chi connectivity index (χ4v) is 2.30. The second-order valence-electron chi connectivity index (χ2n) is 5.26. The number of methoxy groups -OCH3 is 1. The van der Waals surface area contributed by atoms with Crippen molar-refractivity contribution in [1.82, 2.24) is 9.88 Å². The Bertz CT molecular complexity index is 770. The maximum Gasteiger partial charge on any atom is 0.252 e. The van der Waals surface area contributed by atoms with E-state index >= 15 is 0 Å². The molecular formula is C16H22N4O3. The number of rotatable bonds is 6. The second kappa shape index (κ2) is 7.15. The first-order valence-corrected chi connectivity index (χ1v) is 7.41. The molecule has 0 bridgehead atoms. The van der Waals surface area contributed by atoms with Crippen LogP contribution in [0.2, 0.25) is 0 Å². The molecule has 7 heteroatoms. The average molecular weight is 318 g/mol. The summed E-state index contributed by atoms with van der Waals surface area (Å²) in [6.45, 7) is 2.07. The van der Waals surface area contributed by atoms with Gasteiger partial charge in [0, 0.05) is 37.7 Å². The number of amides is 1. The van der Waals surface area contributed by atoms with Crippen molar-refractivity contribution in [2.45, 2.75) is 19.6 Å². The van der Waals surface area contributed by atoms with Crippen LogP contribution < -0.4 is 21.9 Å². The van der Waals surface area contributed by atoms with Gasteiger partial charge in [0.2, 0.25) is 5.91 Å². The van der Waals surface area contributed by atoms with Gasteiger partial charge in [-0.05, 0) is 18.2 Å². The summed E-state index contributed by atoms with van der Waals surface area (Å²) < 4.78 is 6.89. The molecule has 0 saturated heterocycles. The van der Waals surface area contributed by atoms with E-state index in [1.165, 1.54) is 13.2 Å². The number of anilines is 2. The van der Waals surface area contributed by atoms with Crippen LogP contribution in [0.4, 0.5) is 11.4 Å². The number of hydrogen-bond acceptors (Lipinski definition) is 5. The molecule has 2 rings (SSSR count). The van der Waals surface area contributed by atoms with Gasteiger partial charge in [0.1, 0.15) is 6.23 Å². The SMILES string of the molecule is CCC(=O)NC[C@H](Nc1cc(=O)n(C)c2ccc(N)cc12)OC. The fourth-order valence-electron chi connectivity index (χ4n) is 2.30. The molecule has 0 aliphatic rings. The van der Waals surface area contributed by atoms with E-state index in [0.29, 0.717) is 24.3 Å². The number of fused-ring (bicyclic) bond motifs is 1.